The van der Waals surface area contributed by atoms with Gasteiger partial charge in [-0.2, -0.15) is 0 Å². The monoisotopic (exact) mass is 268 g/mol. The molecule has 0 saturated carbocycles. The number of halogens is 1. The Morgan fingerprint density at radius 3 is 2.93 bits per heavy atom. The van der Waals surface area contributed by atoms with Crippen molar-refractivity contribution < 1.29 is 14.3 Å². The number of Topliss-reactive ketones (excluding diaryl/α,β-unsaturated/α-hetero) is 1. The molecule has 1 aliphatic carbocycles. The van der Waals surface area contributed by atoms with Crippen molar-refractivity contribution in [1.29, 1.82) is 0 Å². The Morgan fingerprint density at radius 1 is 1.53 bits per heavy atom. The molecule has 0 aliphatic heterocycles. The summed E-state index contributed by atoms with van der Waals surface area (Å²) in [6.07, 6.45) is 0.221. The van der Waals surface area contributed by atoms with E-state index in [1.54, 1.807) is 12.1 Å². The second kappa shape index (κ2) is 3.77. The molecule has 0 saturated heterocycles. The van der Waals surface area contributed by atoms with Gasteiger partial charge in [-0.3, -0.25) is 9.59 Å². The van der Waals surface area contributed by atoms with Crippen LogP contribution >= 0.6 is 15.9 Å². The molecule has 1 aromatic carbocycles. The van der Waals surface area contributed by atoms with E-state index in [0.29, 0.717) is 5.56 Å². The molecule has 0 spiro atoms. The van der Waals surface area contributed by atoms with E-state index < -0.39 is 5.92 Å². The smallest absolute Gasteiger partial charge is 0.313 e. The highest BCUT2D eigenvalue weighted by Gasteiger charge is 2.34. The number of hydrogen-bond donors (Lipinski definition) is 0. The van der Waals surface area contributed by atoms with Gasteiger partial charge in [0.1, 0.15) is 0 Å². The predicted octanol–water partition coefficient (Wildman–Crippen LogP) is 2.29. The van der Waals surface area contributed by atoms with Crippen LogP contribution in [0.3, 0.4) is 0 Å². The molecule has 0 unspecified atom stereocenters. The number of benzene rings is 1. The van der Waals surface area contributed by atoms with Crippen LogP contribution in [0.25, 0.3) is 0 Å². The summed E-state index contributed by atoms with van der Waals surface area (Å²) in [4.78, 5) is 23.0. The number of ether oxygens (including phenoxy) is 1. The van der Waals surface area contributed by atoms with Crippen molar-refractivity contribution in [1.82, 2.24) is 0 Å². The Labute approximate surface area is 95.6 Å². The maximum absolute atomic E-state index is 11.6. The highest BCUT2D eigenvalue weighted by atomic mass is 79.9. The first-order valence-corrected chi connectivity index (χ1v) is 5.33. The van der Waals surface area contributed by atoms with E-state index in [4.69, 9.17) is 0 Å². The lowest BCUT2D eigenvalue weighted by Crippen LogP contribution is -2.11. The minimum Gasteiger partial charge on any atom is -0.469 e. The largest absolute Gasteiger partial charge is 0.469 e. The third-order valence-electron chi connectivity index (χ3n) is 2.57. The number of ketones is 1. The van der Waals surface area contributed by atoms with Crippen molar-refractivity contribution in [3.63, 3.8) is 0 Å². The summed E-state index contributed by atoms with van der Waals surface area (Å²) >= 11 is 3.30. The van der Waals surface area contributed by atoms with Gasteiger partial charge in [-0.15, -0.1) is 0 Å². The Hall–Kier alpha value is -1.16. The van der Waals surface area contributed by atoms with Crippen molar-refractivity contribution in [2.24, 2.45) is 0 Å². The first-order chi connectivity index (χ1) is 7.13. The summed E-state index contributed by atoms with van der Waals surface area (Å²) in [7, 11) is 1.34. The van der Waals surface area contributed by atoms with Crippen LogP contribution in [0.2, 0.25) is 0 Å². The molecule has 0 fully saturated rings. The van der Waals surface area contributed by atoms with Crippen LogP contribution < -0.4 is 0 Å². The number of carbonyl (C=O) groups excluding carboxylic acids is 2. The van der Waals surface area contributed by atoms with Gasteiger partial charge in [0.05, 0.1) is 13.0 Å². The Bertz CT molecular complexity index is 439. The van der Waals surface area contributed by atoms with E-state index in [1.165, 1.54) is 7.11 Å². The molecule has 0 heterocycles. The SMILES string of the molecule is COC(=O)[C@@H]1CC(=O)c2cc(Br)ccc21. The zero-order valence-corrected chi connectivity index (χ0v) is 9.71. The predicted molar refractivity (Wildman–Crippen MR) is 57.8 cm³/mol. The molecule has 0 bridgehead atoms. The zero-order valence-electron chi connectivity index (χ0n) is 8.12. The van der Waals surface area contributed by atoms with Crippen LogP contribution in [0, 0.1) is 0 Å². The Balaban J connectivity index is 2.47. The fraction of sp³-hybridized carbons (Fsp3) is 0.273. The first kappa shape index (κ1) is 10.4. The number of methoxy groups -OCH3 is 1. The molecule has 15 heavy (non-hydrogen) atoms. The van der Waals surface area contributed by atoms with Gasteiger partial charge in [0.25, 0.3) is 0 Å². The van der Waals surface area contributed by atoms with E-state index >= 15 is 0 Å². The maximum Gasteiger partial charge on any atom is 0.313 e. The van der Waals surface area contributed by atoms with Crippen molar-refractivity contribution in [3.8, 4) is 0 Å². The van der Waals surface area contributed by atoms with E-state index in [-0.39, 0.29) is 18.2 Å². The molecule has 1 aliphatic rings. The van der Waals surface area contributed by atoms with Crippen LogP contribution in [0.5, 0.6) is 0 Å². The minimum atomic E-state index is -0.425. The highest BCUT2D eigenvalue weighted by Crippen LogP contribution is 2.35. The van der Waals surface area contributed by atoms with Gasteiger partial charge in [0.15, 0.2) is 5.78 Å². The lowest BCUT2D eigenvalue weighted by Gasteiger charge is -2.07. The van der Waals surface area contributed by atoms with Crippen LogP contribution in [0.15, 0.2) is 22.7 Å². The van der Waals surface area contributed by atoms with Crippen molar-refractivity contribution in [2.75, 3.05) is 7.11 Å². The summed E-state index contributed by atoms with van der Waals surface area (Å²) in [6, 6.07) is 5.37. The van der Waals surface area contributed by atoms with Crippen molar-refractivity contribution >= 4 is 27.7 Å². The summed E-state index contributed by atoms with van der Waals surface area (Å²) in [5, 5.41) is 0. The topological polar surface area (TPSA) is 43.4 Å². The van der Waals surface area contributed by atoms with Crippen LogP contribution in [0.1, 0.15) is 28.3 Å². The lowest BCUT2D eigenvalue weighted by molar-refractivity contribution is -0.142. The standard InChI is InChI=1S/C11H9BrO3/c1-15-11(14)9-5-10(13)8-4-6(12)2-3-7(8)9/h2-4,9H,5H2,1H3/t9-/m1/s1. The average molecular weight is 269 g/mol. The van der Waals surface area contributed by atoms with Gasteiger partial charge in [-0.05, 0) is 17.7 Å². The number of carbonyl (C=O) groups is 2. The van der Waals surface area contributed by atoms with Crippen molar-refractivity contribution in [2.45, 2.75) is 12.3 Å². The molecule has 3 nitrogen and oxygen atoms in total. The number of esters is 1. The number of rotatable bonds is 1. The molecule has 0 amide bonds. The van der Waals surface area contributed by atoms with E-state index in [9.17, 15) is 9.59 Å². The Kier molecular flexibility index (Phi) is 2.61. The maximum atomic E-state index is 11.6. The summed E-state index contributed by atoms with van der Waals surface area (Å²) in [5.41, 5.74) is 1.40. The zero-order chi connectivity index (χ0) is 11.0. The van der Waals surface area contributed by atoms with Crippen LogP contribution in [-0.4, -0.2) is 18.9 Å². The molecule has 1 atom stereocenters. The van der Waals surface area contributed by atoms with E-state index in [0.717, 1.165) is 10.0 Å². The molecule has 0 radical (unpaired) electrons. The molecule has 4 heteroatoms. The first-order valence-electron chi connectivity index (χ1n) is 4.54. The Morgan fingerprint density at radius 2 is 2.27 bits per heavy atom. The van der Waals surface area contributed by atoms with Gasteiger partial charge in [-0.25, -0.2) is 0 Å². The fourth-order valence-corrected chi connectivity index (χ4v) is 2.19. The second-order valence-corrected chi connectivity index (χ2v) is 4.35. The molecule has 0 aromatic heterocycles. The second-order valence-electron chi connectivity index (χ2n) is 3.43. The molecular formula is C11H9BrO3. The van der Waals surface area contributed by atoms with E-state index in [1.807, 2.05) is 6.07 Å². The molecule has 78 valence electrons. The third-order valence-corrected chi connectivity index (χ3v) is 3.06. The number of hydrogen-bond acceptors (Lipinski definition) is 3. The molecular weight excluding hydrogens is 260 g/mol. The summed E-state index contributed by atoms with van der Waals surface area (Å²) < 4.78 is 5.51. The van der Waals surface area contributed by atoms with E-state index in [2.05, 4.69) is 20.7 Å². The van der Waals surface area contributed by atoms with Crippen molar-refractivity contribution in [3.05, 3.63) is 33.8 Å². The van der Waals surface area contributed by atoms with Crippen LogP contribution in [-0.2, 0) is 9.53 Å². The highest BCUT2D eigenvalue weighted by molar-refractivity contribution is 9.10. The van der Waals surface area contributed by atoms with Gasteiger partial charge < -0.3 is 4.74 Å². The van der Waals surface area contributed by atoms with Gasteiger partial charge in [0.2, 0.25) is 0 Å². The van der Waals surface area contributed by atoms with Gasteiger partial charge in [0, 0.05) is 16.5 Å². The van der Waals surface area contributed by atoms with Crippen LogP contribution in [0.4, 0.5) is 0 Å². The summed E-state index contributed by atoms with van der Waals surface area (Å²) in [6.45, 7) is 0. The van der Waals surface area contributed by atoms with Gasteiger partial charge in [-0.1, -0.05) is 22.0 Å². The normalized spacial score (nSPS) is 18.8. The summed E-state index contributed by atoms with van der Waals surface area (Å²) in [5.74, 6) is -0.767. The lowest BCUT2D eigenvalue weighted by atomic mass is 10.0. The van der Waals surface area contributed by atoms with Gasteiger partial charge >= 0.3 is 5.97 Å². The molecule has 0 N–H and O–H groups in total. The quantitative estimate of drug-likeness (QED) is 0.735. The molecule has 1 aromatic rings. The average Bonchev–Trinajstić information content (AvgIpc) is 2.55. The fourth-order valence-electron chi connectivity index (χ4n) is 1.83. The minimum absolute atomic E-state index is 0.00157. The third kappa shape index (κ3) is 1.69. The number of fused-ring (bicyclic) bond motifs is 1. The molecule has 2 rings (SSSR count).